The maximum atomic E-state index is 8.96. The molecule has 0 aromatic carbocycles. The molecule has 20 heavy (non-hydrogen) atoms. The topological polar surface area (TPSA) is 89.0 Å². The number of rotatable bonds is 5. The van der Waals surface area contributed by atoms with Crippen molar-refractivity contribution in [2.45, 2.75) is 13.2 Å². The Bertz CT molecular complexity index is 678. The van der Waals surface area contributed by atoms with Crippen molar-refractivity contribution in [3.63, 3.8) is 0 Å². The summed E-state index contributed by atoms with van der Waals surface area (Å²) in [6.45, 7) is 0.393. The lowest BCUT2D eigenvalue weighted by atomic mass is 10.3. The average molecular weight is 271 g/mol. The van der Waals surface area contributed by atoms with Crippen molar-refractivity contribution in [3.8, 4) is 5.82 Å². The van der Waals surface area contributed by atoms with Crippen molar-refractivity contribution < 1.29 is 9.52 Å². The Hall–Kier alpha value is -2.67. The van der Waals surface area contributed by atoms with Crippen LogP contribution in [0.4, 0.5) is 5.69 Å². The summed E-state index contributed by atoms with van der Waals surface area (Å²) in [7, 11) is 0. The van der Waals surface area contributed by atoms with E-state index in [9.17, 15) is 0 Å². The molecule has 0 aliphatic carbocycles. The molecule has 7 nitrogen and oxygen atoms in total. The lowest BCUT2D eigenvalue weighted by Crippen LogP contribution is -2.06. The molecule has 0 radical (unpaired) electrons. The quantitative estimate of drug-likeness (QED) is 0.728. The van der Waals surface area contributed by atoms with E-state index < -0.39 is 0 Å². The fraction of sp³-hybridized carbons (Fsp3) is 0.154. The van der Waals surface area contributed by atoms with Crippen LogP contribution in [0.25, 0.3) is 5.82 Å². The molecule has 3 aromatic rings. The Morgan fingerprint density at radius 3 is 2.90 bits per heavy atom. The van der Waals surface area contributed by atoms with Gasteiger partial charge in [-0.25, -0.2) is 14.6 Å². The van der Waals surface area contributed by atoms with Crippen LogP contribution in [0.5, 0.6) is 0 Å². The molecule has 0 bridgehead atoms. The van der Waals surface area contributed by atoms with Gasteiger partial charge in [-0.15, -0.1) is 0 Å². The third kappa shape index (κ3) is 2.52. The Kier molecular flexibility index (Phi) is 3.42. The predicted molar refractivity (Wildman–Crippen MR) is 71.1 cm³/mol. The Labute approximate surface area is 114 Å². The van der Waals surface area contributed by atoms with E-state index in [4.69, 9.17) is 9.52 Å². The second-order valence-electron chi connectivity index (χ2n) is 4.09. The van der Waals surface area contributed by atoms with E-state index in [1.165, 1.54) is 6.33 Å². The van der Waals surface area contributed by atoms with E-state index in [0.29, 0.717) is 18.1 Å². The largest absolute Gasteiger partial charge is 0.462 e. The van der Waals surface area contributed by atoms with Crippen LogP contribution in [0.1, 0.15) is 11.5 Å². The fourth-order valence-corrected chi connectivity index (χ4v) is 1.82. The molecule has 0 atom stereocenters. The van der Waals surface area contributed by atoms with Gasteiger partial charge in [0.05, 0.1) is 12.2 Å². The van der Waals surface area contributed by atoms with Crippen LogP contribution in [-0.4, -0.2) is 24.9 Å². The van der Waals surface area contributed by atoms with Crippen LogP contribution >= 0.6 is 0 Å². The molecule has 0 saturated carbocycles. The van der Waals surface area contributed by atoms with Gasteiger partial charge in [-0.05, 0) is 24.3 Å². The molecule has 2 N–H and O–H groups in total. The number of anilines is 1. The number of aliphatic hydroxyl groups excluding tert-OH is 1. The van der Waals surface area contributed by atoms with E-state index in [-0.39, 0.29) is 6.61 Å². The summed E-state index contributed by atoms with van der Waals surface area (Å²) < 4.78 is 7.00. The zero-order chi connectivity index (χ0) is 13.8. The van der Waals surface area contributed by atoms with Crippen LogP contribution in [0, 0.1) is 0 Å². The molecule has 0 spiro atoms. The van der Waals surface area contributed by atoms with Crippen LogP contribution in [0.2, 0.25) is 0 Å². The molecule has 3 rings (SSSR count). The minimum absolute atomic E-state index is 0.100. The van der Waals surface area contributed by atoms with Gasteiger partial charge in [0, 0.05) is 6.20 Å². The normalized spacial score (nSPS) is 10.7. The van der Waals surface area contributed by atoms with Gasteiger partial charge in [-0.2, -0.15) is 5.10 Å². The van der Waals surface area contributed by atoms with Crippen LogP contribution in [-0.2, 0) is 13.2 Å². The van der Waals surface area contributed by atoms with Gasteiger partial charge >= 0.3 is 0 Å². The minimum Gasteiger partial charge on any atom is -0.462 e. The summed E-state index contributed by atoms with van der Waals surface area (Å²) in [6, 6.07) is 7.31. The number of furan rings is 1. The number of nitrogens with zero attached hydrogens (tertiary/aromatic N) is 4. The number of hydrogen-bond donors (Lipinski definition) is 2. The average Bonchev–Trinajstić information content (AvgIpc) is 3.17. The van der Waals surface area contributed by atoms with Gasteiger partial charge in [0.15, 0.2) is 5.82 Å². The van der Waals surface area contributed by atoms with Gasteiger partial charge in [0.1, 0.15) is 30.8 Å². The molecule has 0 unspecified atom stereocenters. The maximum Gasteiger partial charge on any atom is 0.178 e. The van der Waals surface area contributed by atoms with E-state index in [1.54, 1.807) is 23.3 Å². The van der Waals surface area contributed by atoms with Crippen LogP contribution < -0.4 is 5.32 Å². The summed E-state index contributed by atoms with van der Waals surface area (Å²) in [5, 5.41) is 16.3. The minimum atomic E-state index is -0.100. The van der Waals surface area contributed by atoms with E-state index >= 15 is 0 Å². The van der Waals surface area contributed by atoms with E-state index in [1.807, 2.05) is 18.2 Å². The summed E-state index contributed by atoms with van der Waals surface area (Å²) in [5.74, 6) is 1.95. The molecule has 3 aromatic heterocycles. The standard InChI is InChI=1S/C13H13N5O2/c19-7-11-4-3-10(20-11)6-16-12-2-1-5-15-13(12)18-9-14-8-17-18/h1-5,8-9,16,19H,6-7H2. The highest BCUT2D eigenvalue weighted by molar-refractivity contribution is 5.56. The van der Waals surface area contributed by atoms with Gasteiger partial charge in [0.2, 0.25) is 0 Å². The Morgan fingerprint density at radius 1 is 1.25 bits per heavy atom. The van der Waals surface area contributed by atoms with Crippen molar-refractivity contribution >= 4 is 5.69 Å². The van der Waals surface area contributed by atoms with Crippen molar-refractivity contribution in [2.24, 2.45) is 0 Å². The first-order valence-corrected chi connectivity index (χ1v) is 6.09. The van der Waals surface area contributed by atoms with Gasteiger partial charge in [-0.3, -0.25) is 0 Å². The molecular weight excluding hydrogens is 258 g/mol. The molecule has 0 saturated heterocycles. The van der Waals surface area contributed by atoms with Crippen molar-refractivity contribution in [3.05, 3.63) is 54.6 Å². The molecule has 0 fully saturated rings. The third-order valence-electron chi connectivity index (χ3n) is 2.75. The number of aromatic nitrogens is 4. The lowest BCUT2D eigenvalue weighted by Gasteiger charge is -2.09. The van der Waals surface area contributed by atoms with Crippen molar-refractivity contribution in [2.75, 3.05) is 5.32 Å². The van der Waals surface area contributed by atoms with Crippen LogP contribution in [0.15, 0.2) is 47.5 Å². The van der Waals surface area contributed by atoms with E-state index in [2.05, 4.69) is 20.4 Å². The highest BCUT2D eigenvalue weighted by atomic mass is 16.4. The molecule has 102 valence electrons. The first-order valence-electron chi connectivity index (χ1n) is 6.09. The Morgan fingerprint density at radius 2 is 2.15 bits per heavy atom. The maximum absolute atomic E-state index is 8.96. The highest BCUT2D eigenvalue weighted by Gasteiger charge is 2.07. The predicted octanol–water partition coefficient (Wildman–Crippen LogP) is 1.36. The second-order valence-corrected chi connectivity index (χ2v) is 4.09. The molecule has 7 heteroatoms. The molecular formula is C13H13N5O2. The fourth-order valence-electron chi connectivity index (χ4n) is 1.82. The van der Waals surface area contributed by atoms with Crippen LogP contribution in [0.3, 0.4) is 0 Å². The molecule has 0 aliphatic rings. The third-order valence-corrected chi connectivity index (χ3v) is 2.75. The van der Waals surface area contributed by atoms with Crippen molar-refractivity contribution in [1.82, 2.24) is 19.7 Å². The molecule has 3 heterocycles. The SMILES string of the molecule is OCc1ccc(CNc2cccnc2-n2cncn2)o1. The molecule has 0 amide bonds. The van der Waals surface area contributed by atoms with Gasteiger partial charge in [-0.1, -0.05) is 0 Å². The summed E-state index contributed by atoms with van der Waals surface area (Å²) in [5.41, 5.74) is 0.819. The summed E-state index contributed by atoms with van der Waals surface area (Å²) >= 11 is 0. The number of aliphatic hydroxyl groups is 1. The first-order chi connectivity index (χ1) is 9.86. The smallest absolute Gasteiger partial charge is 0.178 e. The summed E-state index contributed by atoms with van der Waals surface area (Å²) in [4.78, 5) is 8.19. The summed E-state index contributed by atoms with van der Waals surface area (Å²) in [6.07, 6.45) is 4.74. The highest BCUT2D eigenvalue weighted by Crippen LogP contribution is 2.17. The number of nitrogens with one attached hydrogen (secondary N) is 1. The van der Waals surface area contributed by atoms with Gasteiger partial charge in [0.25, 0.3) is 0 Å². The lowest BCUT2D eigenvalue weighted by molar-refractivity contribution is 0.244. The zero-order valence-corrected chi connectivity index (χ0v) is 10.6. The first kappa shape index (κ1) is 12.4. The number of pyridine rings is 1. The van der Waals surface area contributed by atoms with E-state index in [0.717, 1.165) is 11.4 Å². The Balaban J connectivity index is 1.77. The zero-order valence-electron chi connectivity index (χ0n) is 10.6. The number of hydrogen-bond acceptors (Lipinski definition) is 6. The second kappa shape index (κ2) is 5.54. The van der Waals surface area contributed by atoms with Gasteiger partial charge < -0.3 is 14.8 Å². The molecule has 0 aliphatic heterocycles. The monoisotopic (exact) mass is 271 g/mol. The van der Waals surface area contributed by atoms with Crippen molar-refractivity contribution in [1.29, 1.82) is 0 Å².